The minimum atomic E-state index is -0.293. The average molecular weight is 279 g/mol. The molecule has 1 aliphatic heterocycles. The Kier molecular flexibility index (Phi) is 4.64. The summed E-state index contributed by atoms with van der Waals surface area (Å²) >= 11 is 5.89. The molecule has 0 spiro atoms. The maximum atomic E-state index is 11.8. The van der Waals surface area contributed by atoms with E-state index >= 15 is 0 Å². The first-order valence-electron chi connectivity index (χ1n) is 6.30. The van der Waals surface area contributed by atoms with Crippen LogP contribution < -0.4 is 0 Å². The number of benzene rings is 1. The van der Waals surface area contributed by atoms with Crippen molar-refractivity contribution in [1.82, 2.24) is 4.90 Å². The average Bonchev–Trinajstić information content (AvgIpc) is 2.45. The van der Waals surface area contributed by atoms with Crippen LogP contribution in [0.5, 0.6) is 0 Å². The molecule has 1 aliphatic rings. The van der Waals surface area contributed by atoms with Gasteiger partial charge >= 0.3 is 6.09 Å². The van der Waals surface area contributed by atoms with Crippen molar-refractivity contribution in [2.45, 2.75) is 25.9 Å². The van der Waals surface area contributed by atoms with Crippen molar-refractivity contribution in [3.63, 3.8) is 0 Å². The first-order valence-corrected chi connectivity index (χ1v) is 6.68. The van der Waals surface area contributed by atoms with E-state index in [4.69, 9.17) is 21.6 Å². The number of piperidine rings is 1. The minimum absolute atomic E-state index is 0.143. The molecule has 0 saturated carbocycles. The second kappa shape index (κ2) is 6.44. The van der Waals surface area contributed by atoms with Crippen LogP contribution in [0.4, 0.5) is 4.79 Å². The summed E-state index contributed by atoms with van der Waals surface area (Å²) in [5, 5.41) is 9.32. The van der Waals surface area contributed by atoms with Crippen molar-refractivity contribution < 1.29 is 9.53 Å². The van der Waals surface area contributed by atoms with E-state index in [0.717, 1.165) is 31.5 Å². The zero-order valence-electron chi connectivity index (χ0n) is 10.6. The number of rotatable bonds is 2. The van der Waals surface area contributed by atoms with Crippen molar-refractivity contribution in [2.24, 2.45) is 0 Å². The lowest BCUT2D eigenvalue weighted by molar-refractivity contribution is 0.0894. The summed E-state index contributed by atoms with van der Waals surface area (Å²) < 4.78 is 5.24. The highest BCUT2D eigenvalue weighted by molar-refractivity contribution is 6.30. The molecule has 0 aliphatic carbocycles. The molecular formula is C14H15ClN2O2. The molecule has 1 heterocycles. The monoisotopic (exact) mass is 278 g/mol. The van der Waals surface area contributed by atoms with E-state index in [2.05, 4.69) is 0 Å². The van der Waals surface area contributed by atoms with Crippen molar-refractivity contribution in [3.05, 3.63) is 34.3 Å². The summed E-state index contributed by atoms with van der Waals surface area (Å²) in [5.41, 5.74) is 1.20. The van der Waals surface area contributed by atoms with Crippen LogP contribution in [0.1, 0.15) is 30.4 Å². The molecule has 0 atom stereocenters. The molecule has 5 heteroatoms. The standard InChI is InChI=1S/C14H15ClN2O2/c15-13-7-11(9-16)6-12(8-13)10-19-14(18)17-4-2-1-3-5-17/h6-8H,1-5,10H2. The largest absolute Gasteiger partial charge is 0.445 e. The number of nitriles is 1. The van der Waals surface area contributed by atoms with Crippen molar-refractivity contribution in [3.8, 4) is 6.07 Å². The molecule has 2 rings (SSSR count). The van der Waals surface area contributed by atoms with E-state index in [1.54, 1.807) is 23.1 Å². The van der Waals surface area contributed by atoms with Gasteiger partial charge in [-0.2, -0.15) is 5.26 Å². The number of amides is 1. The van der Waals surface area contributed by atoms with E-state index < -0.39 is 0 Å². The number of hydrogen-bond donors (Lipinski definition) is 0. The zero-order valence-corrected chi connectivity index (χ0v) is 11.3. The molecule has 0 unspecified atom stereocenters. The van der Waals surface area contributed by atoms with E-state index in [0.29, 0.717) is 10.6 Å². The molecule has 1 fully saturated rings. The van der Waals surface area contributed by atoms with Gasteiger partial charge in [0.2, 0.25) is 0 Å². The minimum Gasteiger partial charge on any atom is -0.445 e. The Morgan fingerprint density at radius 3 is 2.74 bits per heavy atom. The van der Waals surface area contributed by atoms with Crippen LogP contribution in [-0.4, -0.2) is 24.1 Å². The number of carbonyl (C=O) groups is 1. The molecule has 100 valence electrons. The van der Waals surface area contributed by atoms with Gasteiger partial charge in [0.25, 0.3) is 0 Å². The molecule has 0 radical (unpaired) electrons. The van der Waals surface area contributed by atoms with Crippen LogP contribution >= 0.6 is 11.6 Å². The maximum absolute atomic E-state index is 11.8. The fourth-order valence-corrected chi connectivity index (χ4v) is 2.37. The van der Waals surface area contributed by atoms with E-state index in [9.17, 15) is 4.79 Å². The Hall–Kier alpha value is -1.73. The fraction of sp³-hybridized carbons (Fsp3) is 0.429. The summed E-state index contributed by atoms with van der Waals surface area (Å²) in [7, 11) is 0. The summed E-state index contributed by atoms with van der Waals surface area (Å²) in [6.45, 7) is 1.67. The smallest absolute Gasteiger partial charge is 0.410 e. The molecule has 4 nitrogen and oxygen atoms in total. The van der Waals surface area contributed by atoms with E-state index in [-0.39, 0.29) is 12.7 Å². The Bertz CT molecular complexity index is 505. The van der Waals surface area contributed by atoms with Gasteiger partial charge in [0.05, 0.1) is 11.6 Å². The molecule has 19 heavy (non-hydrogen) atoms. The van der Waals surface area contributed by atoms with Crippen LogP contribution in [0, 0.1) is 11.3 Å². The molecule has 0 N–H and O–H groups in total. The van der Waals surface area contributed by atoms with Crippen molar-refractivity contribution in [2.75, 3.05) is 13.1 Å². The van der Waals surface area contributed by atoms with Crippen LogP contribution in [0.15, 0.2) is 18.2 Å². The van der Waals surface area contributed by atoms with E-state index in [1.807, 2.05) is 6.07 Å². The third kappa shape index (κ3) is 3.87. The Morgan fingerprint density at radius 2 is 2.05 bits per heavy atom. The summed E-state index contributed by atoms with van der Waals surface area (Å²) in [6, 6.07) is 6.98. The number of halogens is 1. The summed E-state index contributed by atoms with van der Waals surface area (Å²) in [5.74, 6) is 0. The lowest BCUT2D eigenvalue weighted by atomic mass is 10.1. The number of carbonyl (C=O) groups excluding carboxylic acids is 1. The summed E-state index contributed by atoms with van der Waals surface area (Å²) in [6.07, 6.45) is 2.94. The SMILES string of the molecule is N#Cc1cc(Cl)cc(COC(=O)N2CCCCC2)c1. The predicted molar refractivity (Wildman–Crippen MR) is 71.8 cm³/mol. The topological polar surface area (TPSA) is 53.3 Å². The van der Waals surface area contributed by atoms with Gasteiger partial charge in [-0.1, -0.05) is 11.6 Å². The van der Waals surface area contributed by atoms with Crippen LogP contribution in [0.25, 0.3) is 0 Å². The highest BCUT2D eigenvalue weighted by atomic mass is 35.5. The fourth-order valence-electron chi connectivity index (χ4n) is 2.11. The molecule has 1 aromatic rings. The number of nitrogens with zero attached hydrogens (tertiary/aromatic N) is 2. The maximum Gasteiger partial charge on any atom is 0.410 e. The van der Waals surface area contributed by atoms with Gasteiger partial charge in [0.15, 0.2) is 0 Å². The molecule has 1 saturated heterocycles. The summed E-state index contributed by atoms with van der Waals surface area (Å²) in [4.78, 5) is 13.5. The molecule has 1 amide bonds. The van der Waals surface area contributed by atoms with Crippen molar-refractivity contribution >= 4 is 17.7 Å². The van der Waals surface area contributed by atoms with Gasteiger partial charge in [-0.05, 0) is 43.0 Å². The van der Waals surface area contributed by atoms with Gasteiger partial charge in [-0.25, -0.2) is 4.79 Å². The van der Waals surface area contributed by atoms with Gasteiger partial charge < -0.3 is 9.64 Å². The normalized spacial score (nSPS) is 14.8. The molecule has 0 aromatic heterocycles. The van der Waals surface area contributed by atoms with Crippen LogP contribution in [0.2, 0.25) is 5.02 Å². The predicted octanol–water partition coefficient (Wildman–Crippen LogP) is 3.33. The Balaban J connectivity index is 1.93. The highest BCUT2D eigenvalue weighted by Crippen LogP contribution is 2.16. The van der Waals surface area contributed by atoms with Gasteiger partial charge in [-0.3, -0.25) is 0 Å². The number of likely N-dealkylation sites (tertiary alicyclic amines) is 1. The molecule has 1 aromatic carbocycles. The number of hydrogen-bond acceptors (Lipinski definition) is 3. The lowest BCUT2D eigenvalue weighted by Crippen LogP contribution is -2.35. The van der Waals surface area contributed by atoms with Crippen LogP contribution in [-0.2, 0) is 11.3 Å². The molecule has 0 bridgehead atoms. The van der Waals surface area contributed by atoms with Gasteiger partial charge in [0.1, 0.15) is 6.61 Å². The van der Waals surface area contributed by atoms with E-state index in [1.165, 1.54) is 6.42 Å². The highest BCUT2D eigenvalue weighted by Gasteiger charge is 2.17. The first kappa shape index (κ1) is 13.7. The Morgan fingerprint density at radius 1 is 1.32 bits per heavy atom. The quantitative estimate of drug-likeness (QED) is 0.834. The molecular weight excluding hydrogens is 264 g/mol. The lowest BCUT2D eigenvalue weighted by Gasteiger charge is -2.25. The third-order valence-electron chi connectivity index (χ3n) is 3.06. The van der Waals surface area contributed by atoms with Crippen molar-refractivity contribution in [1.29, 1.82) is 5.26 Å². The first-order chi connectivity index (χ1) is 9.19. The zero-order chi connectivity index (χ0) is 13.7. The van der Waals surface area contributed by atoms with Gasteiger partial charge in [-0.15, -0.1) is 0 Å². The second-order valence-electron chi connectivity index (χ2n) is 4.56. The van der Waals surface area contributed by atoms with Crippen LogP contribution in [0.3, 0.4) is 0 Å². The van der Waals surface area contributed by atoms with Gasteiger partial charge in [0, 0.05) is 18.1 Å². The number of ether oxygens (including phenoxy) is 1. The second-order valence-corrected chi connectivity index (χ2v) is 5.00. The Labute approximate surface area is 117 Å². The third-order valence-corrected chi connectivity index (χ3v) is 3.28.